The Bertz CT molecular complexity index is 339. The van der Waals surface area contributed by atoms with Crippen molar-refractivity contribution in [3.05, 3.63) is 29.8 Å². The summed E-state index contributed by atoms with van der Waals surface area (Å²) in [5.74, 6) is 0.0750. The molecule has 0 aromatic heterocycles. The van der Waals surface area contributed by atoms with Gasteiger partial charge in [-0.2, -0.15) is 0 Å². The molecule has 1 rings (SSSR count). The Kier molecular flexibility index (Phi) is 5.96. The smallest absolute Gasteiger partial charge is 0.335 e. The van der Waals surface area contributed by atoms with Crippen LogP contribution in [0.3, 0.4) is 0 Å². The van der Waals surface area contributed by atoms with E-state index in [-0.39, 0.29) is 6.61 Å². The number of carboxylic acids is 1. The number of aromatic carboxylic acids is 1. The van der Waals surface area contributed by atoms with E-state index in [1.54, 1.807) is 30.0 Å². The Morgan fingerprint density at radius 2 is 2.06 bits per heavy atom. The van der Waals surface area contributed by atoms with Crippen molar-refractivity contribution in [2.24, 2.45) is 0 Å². The third-order valence-corrected chi connectivity index (χ3v) is 3.23. The largest absolute Gasteiger partial charge is 0.478 e. The molecule has 0 spiro atoms. The zero-order valence-corrected chi connectivity index (χ0v) is 9.87. The highest BCUT2D eigenvalue weighted by atomic mass is 32.2. The summed E-state index contributed by atoms with van der Waals surface area (Å²) < 4.78 is 0. The number of aliphatic hydroxyl groups excluding tert-OH is 1. The zero-order chi connectivity index (χ0) is 11.8. The van der Waals surface area contributed by atoms with E-state index in [0.29, 0.717) is 5.56 Å². The van der Waals surface area contributed by atoms with Gasteiger partial charge in [-0.25, -0.2) is 4.79 Å². The number of carbonyl (C=O) groups is 1. The lowest BCUT2D eigenvalue weighted by Gasteiger charge is -2.02. The predicted octanol–water partition coefficient (Wildman–Crippen LogP) is 2.64. The summed E-state index contributed by atoms with van der Waals surface area (Å²) >= 11 is 1.66. The molecule has 1 aromatic carbocycles. The zero-order valence-electron chi connectivity index (χ0n) is 9.06. The number of benzene rings is 1. The quantitative estimate of drug-likeness (QED) is 0.568. The van der Waals surface area contributed by atoms with Gasteiger partial charge in [-0.05, 0) is 36.8 Å². The molecule has 1 aromatic rings. The Morgan fingerprint density at radius 3 is 2.75 bits per heavy atom. The number of carboxylic acid groups (broad SMARTS) is 1. The molecule has 0 saturated carbocycles. The average Bonchev–Trinajstić information content (AvgIpc) is 2.29. The number of thioether (sulfide) groups is 1. The SMILES string of the molecule is O=C(O)c1cccc(SCCCCCO)c1. The van der Waals surface area contributed by atoms with Crippen LogP contribution in [0.15, 0.2) is 29.2 Å². The number of aliphatic hydroxyl groups is 1. The third kappa shape index (κ3) is 4.68. The van der Waals surface area contributed by atoms with Gasteiger partial charge in [0.2, 0.25) is 0 Å². The van der Waals surface area contributed by atoms with Crippen LogP contribution in [0.4, 0.5) is 0 Å². The second kappa shape index (κ2) is 7.30. The molecule has 0 aliphatic heterocycles. The molecular weight excluding hydrogens is 224 g/mol. The summed E-state index contributed by atoms with van der Waals surface area (Å²) in [7, 11) is 0. The summed E-state index contributed by atoms with van der Waals surface area (Å²) in [5.41, 5.74) is 0.334. The van der Waals surface area contributed by atoms with Gasteiger partial charge in [-0.1, -0.05) is 12.5 Å². The van der Waals surface area contributed by atoms with Gasteiger partial charge < -0.3 is 10.2 Å². The van der Waals surface area contributed by atoms with Crippen LogP contribution >= 0.6 is 11.8 Å². The molecule has 2 N–H and O–H groups in total. The van der Waals surface area contributed by atoms with E-state index in [1.165, 1.54) is 0 Å². The molecule has 0 aliphatic carbocycles. The van der Waals surface area contributed by atoms with Gasteiger partial charge in [0.1, 0.15) is 0 Å². The summed E-state index contributed by atoms with van der Waals surface area (Å²) in [5, 5.41) is 17.4. The molecule has 0 unspecified atom stereocenters. The Balaban J connectivity index is 2.36. The molecule has 3 nitrogen and oxygen atoms in total. The third-order valence-electron chi connectivity index (χ3n) is 2.15. The molecule has 0 atom stereocenters. The predicted molar refractivity (Wildman–Crippen MR) is 65.1 cm³/mol. The minimum atomic E-state index is -0.886. The summed E-state index contributed by atoms with van der Waals surface area (Å²) in [4.78, 5) is 11.7. The van der Waals surface area contributed by atoms with Crippen molar-refractivity contribution < 1.29 is 15.0 Å². The van der Waals surface area contributed by atoms with Crippen molar-refractivity contribution >= 4 is 17.7 Å². The highest BCUT2D eigenvalue weighted by Crippen LogP contribution is 2.20. The maximum Gasteiger partial charge on any atom is 0.335 e. The molecule has 0 saturated heterocycles. The minimum absolute atomic E-state index is 0.249. The van der Waals surface area contributed by atoms with E-state index >= 15 is 0 Å². The monoisotopic (exact) mass is 240 g/mol. The molecule has 16 heavy (non-hydrogen) atoms. The minimum Gasteiger partial charge on any atom is -0.478 e. The summed E-state index contributed by atoms with van der Waals surface area (Å²) in [6.45, 7) is 0.249. The van der Waals surface area contributed by atoms with Crippen LogP contribution in [0.2, 0.25) is 0 Å². The lowest BCUT2D eigenvalue weighted by molar-refractivity contribution is 0.0696. The van der Waals surface area contributed by atoms with Crippen LogP contribution in [-0.2, 0) is 0 Å². The lowest BCUT2D eigenvalue weighted by Crippen LogP contribution is -1.95. The van der Waals surface area contributed by atoms with Crippen LogP contribution in [-0.4, -0.2) is 28.5 Å². The van der Waals surface area contributed by atoms with E-state index in [2.05, 4.69) is 0 Å². The van der Waals surface area contributed by atoms with Crippen LogP contribution in [0.5, 0.6) is 0 Å². The van der Waals surface area contributed by atoms with Crippen molar-refractivity contribution in [1.29, 1.82) is 0 Å². The Morgan fingerprint density at radius 1 is 1.25 bits per heavy atom. The first kappa shape index (κ1) is 13.1. The standard InChI is InChI=1S/C12H16O3S/c13-7-2-1-3-8-16-11-6-4-5-10(9-11)12(14)15/h4-6,9,13H,1-3,7-8H2,(H,14,15). The number of hydrogen-bond donors (Lipinski definition) is 2. The fourth-order valence-corrected chi connectivity index (χ4v) is 2.27. The van der Waals surface area contributed by atoms with Crippen LogP contribution < -0.4 is 0 Å². The maximum absolute atomic E-state index is 10.7. The number of unbranched alkanes of at least 4 members (excludes halogenated alkanes) is 2. The molecule has 0 fully saturated rings. The van der Waals surface area contributed by atoms with Crippen LogP contribution in [0.25, 0.3) is 0 Å². The Hall–Kier alpha value is -1.00. The lowest BCUT2D eigenvalue weighted by atomic mass is 10.2. The topological polar surface area (TPSA) is 57.5 Å². The van der Waals surface area contributed by atoms with E-state index in [9.17, 15) is 4.79 Å². The molecule has 88 valence electrons. The highest BCUT2D eigenvalue weighted by molar-refractivity contribution is 7.99. The van der Waals surface area contributed by atoms with Crippen LogP contribution in [0.1, 0.15) is 29.6 Å². The molecular formula is C12H16O3S. The van der Waals surface area contributed by atoms with Gasteiger partial charge in [0, 0.05) is 11.5 Å². The molecule has 0 aliphatic rings. The van der Waals surface area contributed by atoms with Gasteiger partial charge in [0.15, 0.2) is 0 Å². The normalized spacial score (nSPS) is 10.3. The second-order valence-corrected chi connectivity index (χ2v) is 4.63. The van der Waals surface area contributed by atoms with Gasteiger partial charge in [0.25, 0.3) is 0 Å². The van der Waals surface area contributed by atoms with E-state index < -0.39 is 5.97 Å². The first-order chi connectivity index (χ1) is 7.74. The second-order valence-electron chi connectivity index (χ2n) is 3.47. The van der Waals surface area contributed by atoms with Crippen LogP contribution in [0, 0.1) is 0 Å². The number of hydrogen-bond acceptors (Lipinski definition) is 3. The first-order valence-electron chi connectivity index (χ1n) is 5.31. The van der Waals surface area contributed by atoms with E-state index in [4.69, 9.17) is 10.2 Å². The van der Waals surface area contributed by atoms with Gasteiger partial charge in [0.05, 0.1) is 5.56 Å². The van der Waals surface area contributed by atoms with Gasteiger partial charge >= 0.3 is 5.97 Å². The molecule has 0 amide bonds. The van der Waals surface area contributed by atoms with Gasteiger partial charge in [-0.15, -0.1) is 11.8 Å². The first-order valence-corrected chi connectivity index (χ1v) is 6.29. The van der Waals surface area contributed by atoms with E-state index in [1.807, 2.05) is 6.07 Å². The Labute approximate surface area is 99.5 Å². The summed E-state index contributed by atoms with van der Waals surface area (Å²) in [6.07, 6.45) is 2.90. The molecule has 4 heteroatoms. The van der Waals surface area contributed by atoms with Crippen molar-refractivity contribution in [3.63, 3.8) is 0 Å². The fraction of sp³-hybridized carbons (Fsp3) is 0.417. The van der Waals surface area contributed by atoms with Crippen molar-refractivity contribution in [1.82, 2.24) is 0 Å². The molecule has 0 bridgehead atoms. The van der Waals surface area contributed by atoms with Crippen molar-refractivity contribution in [2.45, 2.75) is 24.2 Å². The maximum atomic E-state index is 10.7. The fourth-order valence-electron chi connectivity index (χ4n) is 1.30. The van der Waals surface area contributed by atoms with Crippen molar-refractivity contribution in [2.75, 3.05) is 12.4 Å². The molecule has 0 radical (unpaired) electrons. The van der Waals surface area contributed by atoms with Crippen molar-refractivity contribution in [3.8, 4) is 0 Å². The number of rotatable bonds is 7. The average molecular weight is 240 g/mol. The van der Waals surface area contributed by atoms with Gasteiger partial charge in [-0.3, -0.25) is 0 Å². The highest BCUT2D eigenvalue weighted by Gasteiger charge is 2.02. The summed E-state index contributed by atoms with van der Waals surface area (Å²) in [6, 6.07) is 6.97. The van der Waals surface area contributed by atoms with E-state index in [0.717, 1.165) is 29.9 Å². The molecule has 0 heterocycles.